The van der Waals surface area contributed by atoms with Gasteiger partial charge in [-0.05, 0) is 38.5 Å². The van der Waals surface area contributed by atoms with Crippen LogP contribution in [0, 0.1) is 0 Å². The summed E-state index contributed by atoms with van der Waals surface area (Å²) in [6.07, 6.45) is -2.07. The van der Waals surface area contributed by atoms with Gasteiger partial charge in [-0.15, -0.1) is 0 Å². The summed E-state index contributed by atoms with van der Waals surface area (Å²) in [4.78, 5) is 11.6. The van der Waals surface area contributed by atoms with Crippen LogP contribution < -0.4 is 11.1 Å². The minimum Gasteiger partial charge on any atom is -0.506 e. The number of aromatic hydroxyl groups is 1. The highest BCUT2D eigenvalue weighted by Crippen LogP contribution is 2.28. The maximum Gasteiger partial charge on any atom is 0.412 e. The number of nitrogens with two attached hydrogens (primary N) is 1. The van der Waals surface area contributed by atoms with Gasteiger partial charge >= 0.3 is 6.09 Å². The zero-order valence-electron chi connectivity index (χ0n) is 11.2. The lowest BCUT2D eigenvalue weighted by Crippen LogP contribution is -2.27. The first-order valence-electron chi connectivity index (χ1n) is 5.90. The summed E-state index contributed by atoms with van der Waals surface area (Å²) in [5.41, 5.74) is 4.94. The van der Waals surface area contributed by atoms with Gasteiger partial charge in [0.25, 0.3) is 0 Å². The van der Waals surface area contributed by atoms with Crippen LogP contribution in [0.2, 0.25) is 0 Å². The predicted octanol–water partition coefficient (Wildman–Crippen LogP) is 2.71. The van der Waals surface area contributed by atoms with Crippen LogP contribution in [0.3, 0.4) is 0 Å². The van der Waals surface area contributed by atoms with E-state index in [1.807, 2.05) is 0 Å². The molecule has 0 heterocycles. The molecular formula is C13H19FN2O3. The van der Waals surface area contributed by atoms with E-state index in [0.29, 0.717) is 0 Å². The van der Waals surface area contributed by atoms with Crippen molar-refractivity contribution in [3.63, 3.8) is 0 Å². The lowest BCUT2D eigenvalue weighted by molar-refractivity contribution is 0.0635. The van der Waals surface area contributed by atoms with Crippen molar-refractivity contribution in [1.82, 2.24) is 0 Å². The topological polar surface area (TPSA) is 84.6 Å². The molecule has 0 radical (unpaired) electrons. The largest absolute Gasteiger partial charge is 0.506 e. The summed E-state index contributed by atoms with van der Waals surface area (Å²) in [6, 6.07) is 4.04. The highest BCUT2D eigenvalue weighted by Gasteiger charge is 2.18. The zero-order valence-corrected chi connectivity index (χ0v) is 11.2. The Morgan fingerprint density at radius 1 is 1.53 bits per heavy atom. The fraction of sp³-hybridized carbons (Fsp3) is 0.462. The highest BCUT2D eigenvalue weighted by molar-refractivity contribution is 5.87. The number of ether oxygens (including phenoxy) is 1. The van der Waals surface area contributed by atoms with Crippen LogP contribution in [0.15, 0.2) is 18.2 Å². The molecule has 0 aromatic heterocycles. The van der Waals surface area contributed by atoms with Gasteiger partial charge in [0.2, 0.25) is 0 Å². The van der Waals surface area contributed by atoms with Gasteiger partial charge in [-0.1, -0.05) is 6.07 Å². The van der Waals surface area contributed by atoms with Gasteiger partial charge in [-0.25, -0.2) is 9.18 Å². The van der Waals surface area contributed by atoms with Crippen molar-refractivity contribution in [3.8, 4) is 5.75 Å². The normalized spacial score (nSPS) is 12.9. The Morgan fingerprint density at radius 3 is 2.68 bits per heavy atom. The van der Waals surface area contributed by atoms with Crippen LogP contribution in [0.4, 0.5) is 14.9 Å². The molecule has 1 rings (SSSR count). The maximum absolute atomic E-state index is 13.4. The second kappa shape index (κ2) is 5.88. The Hall–Kier alpha value is -1.82. The minimum absolute atomic E-state index is 0.0860. The van der Waals surface area contributed by atoms with Gasteiger partial charge < -0.3 is 15.6 Å². The van der Waals surface area contributed by atoms with Crippen molar-refractivity contribution in [2.75, 3.05) is 11.9 Å². The van der Waals surface area contributed by atoms with Gasteiger partial charge in [-0.2, -0.15) is 0 Å². The SMILES string of the molecule is CC(C)(C)OC(=O)Nc1cc(C(F)CN)ccc1O. The number of halogens is 1. The quantitative estimate of drug-likeness (QED) is 0.737. The molecule has 0 saturated carbocycles. The van der Waals surface area contributed by atoms with Crippen LogP contribution in [-0.2, 0) is 4.74 Å². The molecule has 0 saturated heterocycles. The first-order valence-corrected chi connectivity index (χ1v) is 5.90. The average Bonchev–Trinajstić information content (AvgIpc) is 2.28. The van der Waals surface area contributed by atoms with Crippen molar-refractivity contribution >= 4 is 11.8 Å². The molecule has 0 aliphatic heterocycles. The molecule has 0 bridgehead atoms. The molecule has 106 valence electrons. The second-order valence-electron chi connectivity index (χ2n) is 5.11. The number of rotatable bonds is 3. The van der Waals surface area contributed by atoms with Crippen molar-refractivity contribution in [1.29, 1.82) is 0 Å². The van der Waals surface area contributed by atoms with Gasteiger partial charge in [-0.3, -0.25) is 5.32 Å². The standard InChI is InChI=1S/C13H19FN2O3/c1-13(2,3)19-12(18)16-10-6-8(9(14)7-15)4-5-11(10)17/h4-6,9,17H,7,15H2,1-3H3,(H,16,18). The number of phenols is 1. The van der Waals surface area contributed by atoms with E-state index in [2.05, 4.69) is 5.32 Å². The third-order valence-corrected chi connectivity index (χ3v) is 2.22. The number of hydrogen-bond donors (Lipinski definition) is 3. The van der Waals surface area contributed by atoms with Gasteiger partial charge in [0.05, 0.1) is 5.69 Å². The molecule has 1 amide bonds. The maximum atomic E-state index is 13.4. The molecule has 6 heteroatoms. The van der Waals surface area contributed by atoms with Crippen LogP contribution in [0.5, 0.6) is 5.75 Å². The highest BCUT2D eigenvalue weighted by atomic mass is 19.1. The fourth-order valence-corrected chi connectivity index (χ4v) is 1.40. The molecule has 4 N–H and O–H groups in total. The number of carbonyl (C=O) groups is 1. The molecule has 1 aromatic carbocycles. The average molecular weight is 270 g/mol. The van der Waals surface area contributed by atoms with Crippen LogP contribution >= 0.6 is 0 Å². The van der Waals surface area contributed by atoms with Crippen LogP contribution in [-0.4, -0.2) is 23.3 Å². The van der Waals surface area contributed by atoms with Gasteiger partial charge in [0.1, 0.15) is 17.5 Å². The van der Waals surface area contributed by atoms with Crippen molar-refractivity contribution in [2.24, 2.45) is 5.73 Å². The van der Waals surface area contributed by atoms with E-state index in [1.165, 1.54) is 18.2 Å². The fourth-order valence-electron chi connectivity index (χ4n) is 1.40. The summed E-state index contributed by atoms with van der Waals surface area (Å²) in [5, 5.41) is 12.0. The van der Waals surface area contributed by atoms with Crippen LogP contribution in [0.25, 0.3) is 0 Å². The number of nitrogens with one attached hydrogen (secondary N) is 1. The van der Waals surface area contributed by atoms with E-state index in [0.717, 1.165) is 0 Å². The number of phenolic OH excluding ortho intramolecular Hbond substituents is 1. The molecule has 1 atom stereocenters. The third kappa shape index (κ3) is 4.75. The van der Waals surface area contributed by atoms with Crippen molar-refractivity contribution < 1.29 is 19.0 Å². The van der Waals surface area contributed by atoms with E-state index in [9.17, 15) is 14.3 Å². The smallest absolute Gasteiger partial charge is 0.412 e. The first kappa shape index (κ1) is 15.2. The minimum atomic E-state index is -1.35. The molecule has 0 aliphatic carbocycles. The third-order valence-electron chi connectivity index (χ3n) is 2.22. The monoisotopic (exact) mass is 270 g/mol. The Morgan fingerprint density at radius 2 is 2.16 bits per heavy atom. The number of alkyl halides is 1. The van der Waals surface area contributed by atoms with E-state index < -0.39 is 17.9 Å². The van der Waals surface area contributed by atoms with Gasteiger partial charge in [0, 0.05) is 6.54 Å². The number of carbonyl (C=O) groups excluding carboxylic acids is 1. The van der Waals surface area contributed by atoms with Gasteiger partial charge in [0.15, 0.2) is 0 Å². The Balaban J connectivity index is 2.85. The number of hydrogen-bond acceptors (Lipinski definition) is 4. The number of benzene rings is 1. The summed E-state index contributed by atoms with van der Waals surface area (Å²) in [7, 11) is 0. The molecule has 1 unspecified atom stereocenters. The summed E-state index contributed by atoms with van der Waals surface area (Å²) in [6.45, 7) is 4.98. The molecule has 0 spiro atoms. The van der Waals surface area contributed by atoms with E-state index >= 15 is 0 Å². The zero-order chi connectivity index (χ0) is 14.6. The molecule has 5 nitrogen and oxygen atoms in total. The second-order valence-corrected chi connectivity index (χ2v) is 5.11. The molecule has 0 fully saturated rings. The summed E-state index contributed by atoms with van der Waals surface area (Å²) in [5.74, 6) is -0.168. The lowest BCUT2D eigenvalue weighted by Gasteiger charge is -2.20. The van der Waals surface area contributed by atoms with E-state index in [1.54, 1.807) is 20.8 Å². The first-order chi connectivity index (χ1) is 8.73. The lowest BCUT2D eigenvalue weighted by atomic mass is 10.1. The van der Waals surface area contributed by atoms with Crippen molar-refractivity contribution in [2.45, 2.75) is 32.5 Å². The molecule has 1 aromatic rings. The number of amides is 1. The molecular weight excluding hydrogens is 251 g/mol. The molecule has 19 heavy (non-hydrogen) atoms. The summed E-state index contributed by atoms with van der Waals surface area (Å²) < 4.78 is 18.5. The molecule has 0 aliphatic rings. The van der Waals surface area contributed by atoms with E-state index in [4.69, 9.17) is 10.5 Å². The van der Waals surface area contributed by atoms with E-state index in [-0.39, 0.29) is 23.5 Å². The summed E-state index contributed by atoms with van der Waals surface area (Å²) >= 11 is 0. The van der Waals surface area contributed by atoms with Crippen LogP contribution in [0.1, 0.15) is 32.5 Å². The Bertz CT molecular complexity index is 458. The Kier molecular flexibility index (Phi) is 4.72. The Labute approximate surface area is 111 Å². The van der Waals surface area contributed by atoms with Crippen molar-refractivity contribution in [3.05, 3.63) is 23.8 Å². The number of anilines is 1. The predicted molar refractivity (Wildman–Crippen MR) is 70.9 cm³/mol.